The summed E-state index contributed by atoms with van der Waals surface area (Å²) in [4.78, 5) is 39.9. The van der Waals surface area contributed by atoms with Crippen molar-refractivity contribution in [3.63, 3.8) is 0 Å². The highest BCUT2D eigenvalue weighted by Gasteiger charge is 2.44. The highest BCUT2D eigenvalue weighted by atomic mass is 16.5. The van der Waals surface area contributed by atoms with Crippen molar-refractivity contribution >= 4 is 17.7 Å². The van der Waals surface area contributed by atoms with Gasteiger partial charge in [0.25, 0.3) is 0 Å². The van der Waals surface area contributed by atoms with Crippen molar-refractivity contribution in [2.75, 3.05) is 26.3 Å². The number of hydrogen-bond donors (Lipinski definition) is 0. The number of likely N-dealkylation sites (tertiary alicyclic amines) is 1. The average molecular weight is 438 g/mol. The lowest BCUT2D eigenvalue weighted by Crippen LogP contribution is -2.51. The molecule has 170 valence electrons. The fourth-order valence-corrected chi connectivity index (χ4v) is 4.13. The van der Waals surface area contributed by atoms with Gasteiger partial charge < -0.3 is 14.4 Å². The van der Waals surface area contributed by atoms with E-state index in [1.807, 2.05) is 48.5 Å². The number of rotatable bonds is 10. The molecule has 1 aliphatic rings. The van der Waals surface area contributed by atoms with E-state index in [9.17, 15) is 14.4 Å². The topological polar surface area (TPSA) is 72.9 Å². The van der Waals surface area contributed by atoms with Gasteiger partial charge in [0.05, 0.1) is 18.6 Å². The van der Waals surface area contributed by atoms with Crippen LogP contribution in [0.5, 0.6) is 5.75 Å². The quantitative estimate of drug-likeness (QED) is 0.410. The highest BCUT2D eigenvalue weighted by Crippen LogP contribution is 2.35. The molecule has 6 heteroatoms. The summed E-state index contributed by atoms with van der Waals surface area (Å²) < 4.78 is 11.2. The molecule has 1 aliphatic heterocycles. The van der Waals surface area contributed by atoms with Crippen LogP contribution in [0.1, 0.15) is 49.4 Å². The zero-order chi connectivity index (χ0) is 22.8. The van der Waals surface area contributed by atoms with Gasteiger partial charge in [-0.15, -0.1) is 0 Å². The second-order valence-corrected chi connectivity index (χ2v) is 8.12. The number of benzene rings is 2. The minimum Gasteiger partial charge on any atom is -0.494 e. The molecule has 3 rings (SSSR count). The highest BCUT2D eigenvalue weighted by molar-refractivity contribution is 5.98. The molecule has 32 heavy (non-hydrogen) atoms. The van der Waals surface area contributed by atoms with Gasteiger partial charge >= 0.3 is 5.97 Å². The molecule has 0 spiro atoms. The summed E-state index contributed by atoms with van der Waals surface area (Å²) in [6.45, 7) is 3.31. The first-order valence-corrected chi connectivity index (χ1v) is 11.3. The first-order valence-electron chi connectivity index (χ1n) is 11.3. The predicted molar refractivity (Wildman–Crippen MR) is 121 cm³/mol. The third-order valence-corrected chi connectivity index (χ3v) is 5.89. The first kappa shape index (κ1) is 23.5. The van der Waals surface area contributed by atoms with Crippen LogP contribution in [0.2, 0.25) is 0 Å². The standard InChI is InChI=1S/C26H31NO5/c1-2-31-25(30)26(17-19-32-22-12-7-4-8-13-22)16-9-18-27(20-26)24(29)15-14-23(28)21-10-5-3-6-11-21/h3-8,10-13H,2,9,14-20H2,1H3/t26-/m1/s1. The van der Waals surface area contributed by atoms with Crippen molar-refractivity contribution in [1.82, 2.24) is 4.90 Å². The van der Waals surface area contributed by atoms with E-state index in [1.54, 1.807) is 24.0 Å². The Morgan fingerprint density at radius 3 is 2.34 bits per heavy atom. The van der Waals surface area contributed by atoms with E-state index in [0.29, 0.717) is 51.1 Å². The number of ketones is 1. The monoisotopic (exact) mass is 437 g/mol. The molecule has 0 saturated carbocycles. The van der Waals surface area contributed by atoms with Crippen LogP contribution in [0.15, 0.2) is 60.7 Å². The minimum absolute atomic E-state index is 0.0520. The second kappa shape index (κ2) is 11.5. The number of Topliss-reactive ketones (excluding diaryl/α,β-unsaturated/α-hetero) is 1. The molecule has 0 bridgehead atoms. The van der Waals surface area contributed by atoms with E-state index in [0.717, 1.165) is 5.75 Å². The van der Waals surface area contributed by atoms with Crippen LogP contribution < -0.4 is 4.74 Å². The second-order valence-electron chi connectivity index (χ2n) is 8.12. The normalized spacial score (nSPS) is 18.1. The molecule has 1 amide bonds. The average Bonchev–Trinajstić information content (AvgIpc) is 2.84. The summed E-state index contributed by atoms with van der Waals surface area (Å²) >= 11 is 0. The van der Waals surface area contributed by atoms with Crippen molar-refractivity contribution in [3.8, 4) is 5.75 Å². The summed E-state index contributed by atoms with van der Waals surface area (Å²) in [7, 11) is 0. The van der Waals surface area contributed by atoms with Gasteiger partial charge in [-0.3, -0.25) is 14.4 Å². The number of esters is 1. The van der Waals surface area contributed by atoms with Crippen molar-refractivity contribution < 1.29 is 23.9 Å². The lowest BCUT2D eigenvalue weighted by atomic mass is 9.77. The van der Waals surface area contributed by atoms with E-state index in [1.165, 1.54) is 0 Å². The SMILES string of the molecule is CCOC(=O)[C@@]1(CCOc2ccccc2)CCCN(C(=O)CCC(=O)c2ccccc2)C1. The van der Waals surface area contributed by atoms with Gasteiger partial charge in [0.15, 0.2) is 5.78 Å². The molecule has 2 aromatic carbocycles. The zero-order valence-electron chi connectivity index (χ0n) is 18.6. The Hall–Kier alpha value is -3.15. The van der Waals surface area contributed by atoms with Crippen molar-refractivity contribution in [2.24, 2.45) is 5.41 Å². The van der Waals surface area contributed by atoms with E-state index < -0.39 is 5.41 Å². The Morgan fingerprint density at radius 2 is 1.66 bits per heavy atom. The molecule has 0 radical (unpaired) electrons. The lowest BCUT2D eigenvalue weighted by molar-refractivity contribution is -0.162. The van der Waals surface area contributed by atoms with Crippen LogP contribution in [0, 0.1) is 5.41 Å². The fraction of sp³-hybridized carbons (Fsp3) is 0.423. The molecular weight excluding hydrogens is 406 g/mol. The number of ether oxygens (including phenoxy) is 2. The van der Waals surface area contributed by atoms with Gasteiger partial charge in [-0.2, -0.15) is 0 Å². The summed E-state index contributed by atoms with van der Waals surface area (Å²) in [5.41, 5.74) is -0.180. The molecule has 0 aromatic heterocycles. The maximum Gasteiger partial charge on any atom is 0.314 e. The first-order chi connectivity index (χ1) is 15.5. The molecule has 0 aliphatic carbocycles. The number of amides is 1. The molecule has 0 N–H and O–H groups in total. The Bertz CT molecular complexity index is 899. The Balaban J connectivity index is 1.61. The van der Waals surface area contributed by atoms with Crippen LogP contribution in [0.25, 0.3) is 0 Å². The van der Waals surface area contributed by atoms with E-state index in [2.05, 4.69) is 0 Å². The fourth-order valence-electron chi connectivity index (χ4n) is 4.13. The maximum absolute atomic E-state index is 12.9. The van der Waals surface area contributed by atoms with Gasteiger partial charge in [0, 0.05) is 31.5 Å². The van der Waals surface area contributed by atoms with Gasteiger partial charge in [-0.05, 0) is 38.3 Å². The van der Waals surface area contributed by atoms with Gasteiger partial charge in [-0.1, -0.05) is 48.5 Å². The summed E-state index contributed by atoms with van der Waals surface area (Å²) in [6, 6.07) is 18.4. The van der Waals surface area contributed by atoms with Crippen LogP contribution >= 0.6 is 0 Å². The third kappa shape index (κ3) is 6.19. The molecular formula is C26H31NO5. The van der Waals surface area contributed by atoms with Gasteiger partial charge in [0.1, 0.15) is 5.75 Å². The minimum atomic E-state index is -0.790. The van der Waals surface area contributed by atoms with E-state index in [-0.39, 0.29) is 30.5 Å². The molecule has 2 aromatic rings. The number of carbonyl (C=O) groups is 3. The molecule has 1 fully saturated rings. The maximum atomic E-state index is 12.9. The third-order valence-electron chi connectivity index (χ3n) is 5.89. The van der Waals surface area contributed by atoms with Crippen LogP contribution in [0.3, 0.4) is 0 Å². The Morgan fingerprint density at radius 1 is 0.969 bits per heavy atom. The summed E-state index contributed by atoms with van der Waals surface area (Å²) in [5.74, 6) is 0.305. The Kier molecular flexibility index (Phi) is 8.42. The zero-order valence-corrected chi connectivity index (χ0v) is 18.6. The Labute approximate surface area is 189 Å². The van der Waals surface area contributed by atoms with Crippen molar-refractivity contribution in [1.29, 1.82) is 0 Å². The van der Waals surface area contributed by atoms with Gasteiger partial charge in [0.2, 0.25) is 5.91 Å². The molecule has 0 unspecified atom stereocenters. The van der Waals surface area contributed by atoms with E-state index >= 15 is 0 Å². The predicted octanol–water partition coefficient (Wildman–Crippen LogP) is 4.29. The molecule has 6 nitrogen and oxygen atoms in total. The van der Waals surface area contributed by atoms with Crippen molar-refractivity contribution in [2.45, 2.75) is 39.0 Å². The van der Waals surface area contributed by atoms with Crippen LogP contribution in [0.4, 0.5) is 0 Å². The molecule has 1 saturated heterocycles. The number of nitrogens with zero attached hydrogens (tertiary/aromatic N) is 1. The summed E-state index contributed by atoms with van der Waals surface area (Å²) in [5, 5.41) is 0. The number of carbonyl (C=O) groups excluding carboxylic acids is 3. The van der Waals surface area contributed by atoms with Crippen molar-refractivity contribution in [3.05, 3.63) is 66.2 Å². The van der Waals surface area contributed by atoms with Gasteiger partial charge in [-0.25, -0.2) is 0 Å². The largest absolute Gasteiger partial charge is 0.494 e. The summed E-state index contributed by atoms with van der Waals surface area (Å²) in [6.07, 6.45) is 2.11. The van der Waals surface area contributed by atoms with Crippen LogP contribution in [-0.2, 0) is 14.3 Å². The molecule has 1 atom stereocenters. The number of piperidine rings is 1. The van der Waals surface area contributed by atoms with Crippen LogP contribution in [-0.4, -0.2) is 48.9 Å². The molecule has 1 heterocycles. The number of hydrogen-bond acceptors (Lipinski definition) is 5. The smallest absolute Gasteiger partial charge is 0.314 e. The lowest BCUT2D eigenvalue weighted by Gasteiger charge is -2.41. The number of para-hydroxylation sites is 1. The van der Waals surface area contributed by atoms with E-state index in [4.69, 9.17) is 9.47 Å².